The van der Waals surface area contributed by atoms with Crippen LogP contribution in [0.25, 0.3) is 11.3 Å². The van der Waals surface area contributed by atoms with Crippen LogP contribution in [0.3, 0.4) is 0 Å². The van der Waals surface area contributed by atoms with Crippen LogP contribution in [0.5, 0.6) is 5.88 Å². The van der Waals surface area contributed by atoms with Crippen LogP contribution in [0.1, 0.15) is 12.0 Å². The highest BCUT2D eigenvalue weighted by molar-refractivity contribution is 7.90. The zero-order valence-electron chi connectivity index (χ0n) is 20.2. The van der Waals surface area contributed by atoms with Gasteiger partial charge >= 0.3 is 16.4 Å². The minimum atomic E-state index is -4.64. The van der Waals surface area contributed by atoms with E-state index in [1.165, 1.54) is 30.4 Å². The van der Waals surface area contributed by atoms with E-state index in [-0.39, 0.29) is 48.2 Å². The van der Waals surface area contributed by atoms with Crippen LogP contribution >= 0.6 is 0 Å². The van der Waals surface area contributed by atoms with Crippen molar-refractivity contribution in [3.05, 3.63) is 54.0 Å². The third kappa shape index (κ3) is 5.26. The van der Waals surface area contributed by atoms with E-state index in [1.807, 2.05) is 0 Å². The SMILES string of the molecule is COc1nc(-c2cccc(C(F)(F)F)c2)c(F)cc1N1C(=O)COC2CN(S(=O)(=O)Nc3ccon3)CCC21. The fourth-order valence-electron chi connectivity index (χ4n) is 4.59. The number of carbonyl (C=O) groups excluding carboxylic acids is 1. The first-order chi connectivity index (χ1) is 18.5. The first-order valence-electron chi connectivity index (χ1n) is 11.5. The predicted molar refractivity (Wildman–Crippen MR) is 127 cm³/mol. The molecule has 3 aromatic rings. The number of nitrogens with zero attached hydrogens (tertiary/aromatic N) is 4. The summed E-state index contributed by atoms with van der Waals surface area (Å²) in [4.78, 5) is 18.3. The van der Waals surface area contributed by atoms with Crippen LogP contribution in [0.2, 0.25) is 0 Å². The van der Waals surface area contributed by atoms with Crippen molar-refractivity contribution in [3.8, 4) is 17.1 Å². The summed E-state index contributed by atoms with van der Waals surface area (Å²) in [7, 11) is -2.79. The summed E-state index contributed by atoms with van der Waals surface area (Å²) in [5.74, 6) is -1.72. The number of hydrogen-bond donors (Lipinski definition) is 1. The Labute approximate surface area is 219 Å². The molecule has 2 saturated heterocycles. The molecule has 208 valence electrons. The maximum atomic E-state index is 15.3. The van der Waals surface area contributed by atoms with Gasteiger partial charge in [-0.15, -0.1) is 0 Å². The highest BCUT2D eigenvalue weighted by Gasteiger charge is 2.45. The number of morpholine rings is 1. The molecule has 0 spiro atoms. The van der Waals surface area contributed by atoms with Gasteiger partial charge in [-0.1, -0.05) is 17.3 Å². The molecule has 0 bridgehead atoms. The zero-order valence-corrected chi connectivity index (χ0v) is 21.0. The molecule has 2 aliphatic rings. The van der Waals surface area contributed by atoms with Gasteiger partial charge in [0, 0.05) is 30.8 Å². The van der Waals surface area contributed by atoms with Gasteiger partial charge in [-0.3, -0.25) is 14.4 Å². The lowest BCUT2D eigenvalue weighted by Gasteiger charge is -2.45. The van der Waals surface area contributed by atoms with Crippen LogP contribution in [0.4, 0.5) is 29.1 Å². The lowest BCUT2D eigenvalue weighted by molar-refractivity contribution is -0.137. The maximum absolute atomic E-state index is 15.3. The summed E-state index contributed by atoms with van der Waals surface area (Å²) in [5, 5.41) is 3.52. The van der Waals surface area contributed by atoms with Gasteiger partial charge in [-0.05, 0) is 18.6 Å². The minimum absolute atomic E-state index is 0.00867. The van der Waals surface area contributed by atoms with Gasteiger partial charge in [0.25, 0.3) is 5.91 Å². The minimum Gasteiger partial charge on any atom is -0.479 e. The van der Waals surface area contributed by atoms with E-state index < -0.39 is 52.4 Å². The Morgan fingerprint density at radius 1 is 1.21 bits per heavy atom. The standard InChI is InChI=1S/C23H21F4N5O6S/c1-36-22-17(10-15(24)21(28-22)13-3-2-4-14(9-13)23(25,26)27)32-16-5-7-31(11-18(16)37-12-20(32)33)39(34,35)30-19-6-8-38-29-19/h2-4,6,8-10,16,18H,5,7,11-12H2,1H3,(H,29,30). The lowest BCUT2D eigenvalue weighted by atomic mass is 9.98. The Morgan fingerprint density at radius 3 is 2.69 bits per heavy atom. The summed E-state index contributed by atoms with van der Waals surface area (Å²) in [6.07, 6.45) is -4.09. The monoisotopic (exact) mass is 571 g/mol. The molecule has 1 aromatic carbocycles. The molecule has 16 heteroatoms. The molecule has 2 atom stereocenters. The van der Waals surface area contributed by atoms with E-state index in [0.717, 1.165) is 28.6 Å². The molecule has 0 radical (unpaired) electrons. The average molecular weight is 572 g/mol. The molecule has 2 unspecified atom stereocenters. The Balaban J connectivity index is 1.44. The average Bonchev–Trinajstić information content (AvgIpc) is 3.40. The number of rotatable bonds is 6. The molecular formula is C23H21F4N5O6S. The summed E-state index contributed by atoms with van der Waals surface area (Å²) in [5.41, 5.74) is -1.54. The number of hydrogen-bond acceptors (Lipinski definition) is 8. The Kier molecular flexibility index (Phi) is 6.94. The first kappa shape index (κ1) is 26.8. The first-order valence-corrected chi connectivity index (χ1v) is 13.0. The number of nitrogens with one attached hydrogen (secondary N) is 1. The van der Waals surface area contributed by atoms with Crippen molar-refractivity contribution in [1.29, 1.82) is 0 Å². The van der Waals surface area contributed by atoms with Crippen molar-refractivity contribution < 1.29 is 44.8 Å². The molecule has 0 saturated carbocycles. The smallest absolute Gasteiger partial charge is 0.416 e. The molecule has 0 aliphatic carbocycles. The number of piperidine rings is 1. The number of fused-ring (bicyclic) bond motifs is 1. The summed E-state index contributed by atoms with van der Waals surface area (Å²) in [6, 6.07) is 5.64. The van der Waals surface area contributed by atoms with Crippen molar-refractivity contribution in [3.63, 3.8) is 0 Å². The van der Waals surface area contributed by atoms with E-state index in [0.29, 0.717) is 0 Å². The van der Waals surface area contributed by atoms with Crippen LogP contribution in [-0.2, 0) is 25.9 Å². The topological polar surface area (TPSA) is 127 Å². The highest BCUT2D eigenvalue weighted by atomic mass is 32.2. The number of amides is 1. The van der Waals surface area contributed by atoms with Crippen LogP contribution in [0.15, 0.2) is 47.2 Å². The van der Waals surface area contributed by atoms with Crippen molar-refractivity contribution in [2.24, 2.45) is 0 Å². The number of ether oxygens (including phenoxy) is 2. The van der Waals surface area contributed by atoms with Gasteiger partial charge in [0.2, 0.25) is 5.88 Å². The number of pyridine rings is 1. The molecule has 1 N–H and O–H groups in total. The van der Waals surface area contributed by atoms with Gasteiger partial charge in [0.15, 0.2) is 11.6 Å². The number of aromatic nitrogens is 2. The predicted octanol–water partition coefficient (Wildman–Crippen LogP) is 3.07. The summed E-state index contributed by atoms with van der Waals surface area (Å²) < 4.78 is 99.4. The fraction of sp³-hybridized carbons (Fsp3) is 0.348. The number of alkyl halides is 3. The number of benzene rings is 1. The maximum Gasteiger partial charge on any atom is 0.416 e. The fourth-order valence-corrected chi connectivity index (χ4v) is 5.78. The van der Waals surface area contributed by atoms with Crippen LogP contribution in [-0.4, -0.2) is 67.7 Å². The van der Waals surface area contributed by atoms with Crippen molar-refractivity contribution in [2.75, 3.05) is 36.4 Å². The number of carbonyl (C=O) groups is 1. The lowest BCUT2D eigenvalue weighted by Crippen LogP contribution is -2.62. The van der Waals surface area contributed by atoms with Gasteiger partial charge in [-0.2, -0.15) is 25.9 Å². The third-order valence-corrected chi connectivity index (χ3v) is 7.84. The van der Waals surface area contributed by atoms with Crippen LogP contribution in [0, 0.1) is 5.82 Å². The van der Waals surface area contributed by atoms with E-state index in [4.69, 9.17) is 9.47 Å². The molecule has 39 heavy (non-hydrogen) atoms. The van der Waals surface area contributed by atoms with E-state index in [2.05, 4.69) is 19.4 Å². The molecule has 2 aliphatic heterocycles. The number of anilines is 2. The van der Waals surface area contributed by atoms with Gasteiger partial charge in [-0.25, -0.2) is 9.37 Å². The second-order valence-electron chi connectivity index (χ2n) is 8.74. The number of halogens is 4. The second-order valence-corrected chi connectivity index (χ2v) is 10.4. The van der Waals surface area contributed by atoms with Crippen molar-refractivity contribution in [2.45, 2.75) is 24.7 Å². The molecule has 11 nitrogen and oxygen atoms in total. The third-order valence-electron chi connectivity index (χ3n) is 6.36. The Hall–Kier alpha value is -3.76. The highest BCUT2D eigenvalue weighted by Crippen LogP contribution is 2.39. The number of methoxy groups -OCH3 is 1. The largest absolute Gasteiger partial charge is 0.479 e. The van der Waals surface area contributed by atoms with E-state index in [9.17, 15) is 26.4 Å². The van der Waals surface area contributed by atoms with Gasteiger partial charge in [0.1, 0.15) is 24.3 Å². The molecule has 2 fully saturated rings. The molecule has 1 amide bonds. The van der Waals surface area contributed by atoms with E-state index >= 15 is 4.39 Å². The molecule has 2 aromatic heterocycles. The second kappa shape index (κ2) is 10.1. The Morgan fingerprint density at radius 2 is 2.00 bits per heavy atom. The van der Waals surface area contributed by atoms with E-state index in [1.54, 1.807) is 0 Å². The van der Waals surface area contributed by atoms with Gasteiger partial charge in [0.05, 0.1) is 24.8 Å². The molecule has 4 heterocycles. The quantitative estimate of drug-likeness (QED) is 0.448. The van der Waals surface area contributed by atoms with Gasteiger partial charge < -0.3 is 14.0 Å². The molecule has 5 rings (SSSR count). The van der Waals surface area contributed by atoms with Crippen molar-refractivity contribution in [1.82, 2.24) is 14.4 Å². The molecular weight excluding hydrogens is 550 g/mol. The normalized spacial score (nSPS) is 20.5. The zero-order chi connectivity index (χ0) is 27.9. The Bertz CT molecular complexity index is 1480. The van der Waals surface area contributed by atoms with Crippen LogP contribution < -0.4 is 14.4 Å². The summed E-state index contributed by atoms with van der Waals surface area (Å²) in [6.45, 7) is -0.559. The summed E-state index contributed by atoms with van der Waals surface area (Å²) >= 11 is 0. The van der Waals surface area contributed by atoms with Crippen molar-refractivity contribution >= 4 is 27.6 Å².